The van der Waals surface area contributed by atoms with Crippen molar-refractivity contribution in [1.29, 1.82) is 0 Å². The van der Waals surface area contributed by atoms with Gasteiger partial charge in [0, 0.05) is 19.1 Å². The van der Waals surface area contributed by atoms with Gasteiger partial charge in [0.25, 0.3) is 0 Å². The van der Waals surface area contributed by atoms with Gasteiger partial charge in [-0.15, -0.1) is 0 Å². The number of urea groups is 1. The maximum absolute atomic E-state index is 12.8. The SMILES string of the molecule is Cc1ccccc1C(C(C)NC(=O)N1CC(C)CC(C(=O)O)C1)N(C)C. The van der Waals surface area contributed by atoms with Gasteiger partial charge in [-0.1, -0.05) is 31.2 Å². The second-order valence-corrected chi connectivity index (χ2v) is 7.78. The Morgan fingerprint density at radius 1 is 1.27 bits per heavy atom. The number of benzene rings is 1. The molecule has 1 heterocycles. The molecule has 0 aliphatic carbocycles. The zero-order chi connectivity index (χ0) is 19.4. The zero-order valence-electron chi connectivity index (χ0n) is 16.4. The van der Waals surface area contributed by atoms with Crippen molar-refractivity contribution in [3.63, 3.8) is 0 Å². The Morgan fingerprint density at radius 3 is 2.50 bits per heavy atom. The van der Waals surface area contributed by atoms with Gasteiger partial charge in [0.15, 0.2) is 0 Å². The van der Waals surface area contributed by atoms with Gasteiger partial charge in [0.05, 0.1) is 12.0 Å². The molecule has 0 bridgehead atoms. The molecule has 6 nitrogen and oxygen atoms in total. The van der Waals surface area contributed by atoms with Crippen LogP contribution in [0.2, 0.25) is 0 Å². The summed E-state index contributed by atoms with van der Waals surface area (Å²) in [5.74, 6) is -1.12. The number of hydrogen-bond donors (Lipinski definition) is 2. The monoisotopic (exact) mass is 361 g/mol. The molecule has 0 saturated carbocycles. The number of nitrogens with zero attached hydrogens (tertiary/aromatic N) is 2. The highest BCUT2D eigenvalue weighted by molar-refractivity contribution is 5.77. The third-order valence-electron chi connectivity index (χ3n) is 5.18. The van der Waals surface area contributed by atoms with E-state index in [4.69, 9.17) is 0 Å². The zero-order valence-corrected chi connectivity index (χ0v) is 16.4. The molecular weight excluding hydrogens is 330 g/mol. The average Bonchev–Trinajstić information content (AvgIpc) is 2.55. The largest absolute Gasteiger partial charge is 0.481 e. The lowest BCUT2D eigenvalue weighted by atomic mass is 9.90. The highest BCUT2D eigenvalue weighted by atomic mass is 16.4. The van der Waals surface area contributed by atoms with Gasteiger partial charge in [-0.2, -0.15) is 0 Å². The fourth-order valence-electron chi connectivity index (χ4n) is 3.97. The molecule has 1 aliphatic heterocycles. The minimum atomic E-state index is -0.825. The molecule has 1 fully saturated rings. The highest BCUT2D eigenvalue weighted by Crippen LogP contribution is 2.26. The van der Waals surface area contributed by atoms with Crippen LogP contribution in [0.15, 0.2) is 24.3 Å². The van der Waals surface area contributed by atoms with Crippen LogP contribution in [-0.4, -0.2) is 60.1 Å². The molecule has 1 aromatic carbocycles. The molecule has 6 heteroatoms. The van der Waals surface area contributed by atoms with E-state index in [2.05, 4.69) is 29.3 Å². The van der Waals surface area contributed by atoms with Gasteiger partial charge in [-0.25, -0.2) is 4.79 Å². The van der Waals surface area contributed by atoms with Gasteiger partial charge >= 0.3 is 12.0 Å². The summed E-state index contributed by atoms with van der Waals surface area (Å²) < 4.78 is 0. The van der Waals surface area contributed by atoms with Crippen molar-refractivity contribution in [2.24, 2.45) is 11.8 Å². The van der Waals surface area contributed by atoms with E-state index >= 15 is 0 Å². The molecule has 2 amide bonds. The molecule has 2 rings (SSSR count). The van der Waals surface area contributed by atoms with Gasteiger partial charge < -0.3 is 20.2 Å². The molecule has 2 N–H and O–H groups in total. The molecular formula is C20H31N3O3. The van der Waals surface area contributed by atoms with E-state index in [1.807, 2.05) is 40.1 Å². The molecule has 0 radical (unpaired) electrons. The van der Waals surface area contributed by atoms with Crippen LogP contribution in [0.5, 0.6) is 0 Å². The molecule has 0 spiro atoms. The van der Waals surface area contributed by atoms with Crippen molar-refractivity contribution in [2.45, 2.75) is 39.3 Å². The summed E-state index contributed by atoms with van der Waals surface area (Å²) in [5.41, 5.74) is 2.37. The number of hydrogen-bond acceptors (Lipinski definition) is 3. The Labute approximate surface area is 156 Å². The van der Waals surface area contributed by atoms with Gasteiger partial charge in [0.2, 0.25) is 0 Å². The van der Waals surface area contributed by atoms with Crippen LogP contribution < -0.4 is 5.32 Å². The topological polar surface area (TPSA) is 72.9 Å². The number of piperidine rings is 1. The third-order valence-corrected chi connectivity index (χ3v) is 5.18. The number of likely N-dealkylation sites (N-methyl/N-ethyl adjacent to an activating group) is 1. The Morgan fingerprint density at radius 2 is 1.92 bits per heavy atom. The van der Waals surface area contributed by atoms with E-state index in [9.17, 15) is 14.7 Å². The first kappa shape index (κ1) is 20.2. The van der Waals surface area contributed by atoms with Crippen LogP contribution in [0.3, 0.4) is 0 Å². The molecule has 0 aromatic heterocycles. The van der Waals surface area contributed by atoms with E-state index in [1.165, 1.54) is 11.1 Å². The van der Waals surface area contributed by atoms with Crippen molar-refractivity contribution in [1.82, 2.24) is 15.1 Å². The number of carboxylic acids is 1. The minimum absolute atomic E-state index is 0.0395. The Bertz CT molecular complexity index is 647. The second kappa shape index (κ2) is 8.54. The average molecular weight is 361 g/mol. The number of aliphatic carboxylic acids is 1. The van der Waals surface area contributed by atoms with Crippen LogP contribution >= 0.6 is 0 Å². The number of rotatable bonds is 5. The van der Waals surface area contributed by atoms with E-state index in [1.54, 1.807) is 4.90 Å². The number of carboxylic acid groups (broad SMARTS) is 1. The predicted octanol–water partition coefficient (Wildman–Crippen LogP) is 2.74. The standard InChI is InChI=1S/C20H31N3O3/c1-13-10-16(19(24)25)12-23(11-13)20(26)21-15(3)18(22(4)5)17-9-7-6-8-14(17)2/h6-9,13,15-16,18H,10-12H2,1-5H3,(H,21,26)(H,24,25). The first-order valence-corrected chi connectivity index (χ1v) is 9.20. The number of carbonyl (C=O) groups is 2. The molecule has 26 heavy (non-hydrogen) atoms. The third kappa shape index (κ3) is 4.75. The molecule has 4 unspecified atom stereocenters. The summed E-state index contributed by atoms with van der Waals surface area (Å²) in [7, 11) is 4.01. The molecule has 1 aliphatic rings. The number of likely N-dealkylation sites (tertiary alicyclic amines) is 1. The number of amides is 2. The minimum Gasteiger partial charge on any atom is -0.481 e. The van der Waals surface area contributed by atoms with E-state index in [0.717, 1.165) is 0 Å². The first-order valence-electron chi connectivity index (χ1n) is 9.20. The fourth-order valence-corrected chi connectivity index (χ4v) is 3.97. The Balaban J connectivity index is 2.11. The van der Waals surface area contributed by atoms with E-state index in [-0.39, 0.29) is 30.6 Å². The van der Waals surface area contributed by atoms with E-state index in [0.29, 0.717) is 13.0 Å². The van der Waals surface area contributed by atoms with Gasteiger partial charge in [0.1, 0.15) is 0 Å². The summed E-state index contributed by atoms with van der Waals surface area (Å²) in [5, 5.41) is 12.4. The summed E-state index contributed by atoms with van der Waals surface area (Å²) in [6.45, 7) is 6.94. The van der Waals surface area contributed by atoms with E-state index < -0.39 is 11.9 Å². The number of nitrogens with one attached hydrogen (secondary N) is 1. The lowest BCUT2D eigenvalue weighted by molar-refractivity contribution is -0.143. The smallest absolute Gasteiger partial charge is 0.317 e. The van der Waals surface area contributed by atoms with Crippen LogP contribution in [-0.2, 0) is 4.79 Å². The number of carbonyl (C=O) groups excluding carboxylic acids is 1. The van der Waals surface area contributed by atoms with Crippen molar-refractivity contribution in [3.05, 3.63) is 35.4 Å². The van der Waals surface area contributed by atoms with Crippen molar-refractivity contribution >= 4 is 12.0 Å². The molecule has 1 aromatic rings. The van der Waals surface area contributed by atoms with Crippen molar-refractivity contribution < 1.29 is 14.7 Å². The normalized spacial score (nSPS) is 22.8. The Kier molecular flexibility index (Phi) is 6.64. The van der Waals surface area contributed by atoms with Crippen LogP contribution in [0.25, 0.3) is 0 Å². The maximum atomic E-state index is 12.8. The van der Waals surface area contributed by atoms with Crippen LogP contribution in [0, 0.1) is 18.8 Å². The molecule has 1 saturated heterocycles. The highest BCUT2D eigenvalue weighted by Gasteiger charge is 2.33. The summed E-state index contributed by atoms with van der Waals surface area (Å²) in [6.07, 6.45) is 0.623. The fraction of sp³-hybridized carbons (Fsp3) is 0.600. The van der Waals surface area contributed by atoms with Gasteiger partial charge in [-0.05, 0) is 51.4 Å². The van der Waals surface area contributed by atoms with Gasteiger partial charge in [-0.3, -0.25) is 4.79 Å². The summed E-state index contributed by atoms with van der Waals surface area (Å²) in [6, 6.07) is 7.93. The van der Waals surface area contributed by atoms with Crippen molar-refractivity contribution in [2.75, 3.05) is 27.2 Å². The lowest BCUT2D eigenvalue weighted by Gasteiger charge is -2.37. The summed E-state index contributed by atoms with van der Waals surface area (Å²) >= 11 is 0. The Hall–Kier alpha value is -2.08. The predicted molar refractivity (Wildman–Crippen MR) is 102 cm³/mol. The quantitative estimate of drug-likeness (QED) is 0.846. The molecule has 144 valence electrons. The van der Waals surface area contributed by atoms with Crippen LogP contribution in [0.4, 0.5) is 4.79 Å². The first-order chi connectivity index (χ1) is 12.2. The summed E-state index contributed by atoms with van der Waals surface area (Å²) in [4.78, 5) is 27.9. The number of aryl methyl sites for hydroxylation is 1. The van der Waals surface area contributed by atoms with Crippen molar-refractivity contribution in [3.8, 4) is 0 Å². The molecule has 4 atom stereocenters. The maximum Gasteiger partial charge on any atom is 0.317 e. The lowest BCUT2D eigenvalue weighted by Crippen LogP contribution is -2.53. The second-order valence-electron chi connectivity index (χ2n) is 7.78. The van der Waals surface area contributed by atoms with Crippen LogP contribution in [0.1, 0.15) is 37.4 Å².